The van der Waals surface area contributed by atoms with Crippen LogP contribution in [-0.2, 0) is 6.54 Å². The standard InChI is InChI=1S/C15H16ClNOS/c1-17-10-11-6-7-14(9-15(11)16)19-13-5-3-4-12(8-13)18-2/h3-9,17H,10H2,1-2H3. The summed E-state index contributed by atoms with van der Waals surface area (Å²) in [6.07, 6.45) is 0. The van der Waals surface area contributed by atoms with Gasteiger partial charge in [-0.15, -0.1) is 0 Å². The molecule has 2 aromatic rings. The molecular weight excluding hydrogens is 278 g/mol. The average Bonchev–Trinajstić information content (AvgIpc) is 2.42. The number of halogens is 1. The molecule has 100 valence electrons. The van der Waals surface area contributed by atoms with Gasteiger partial charge in [0, 0.05) is 21.4 Å². The highest BCUT2D eigenvalue weighted by Crippen LogP contribution is 2.32. The fraction of sp³-hybridized carbons (Fsp3) is 0.200. The van der Waals surface area contributed by atoms with Crippen LogP contribution in [0.2, 0.25) is 5.02 Å². The zero-order chi connectivity index (χ0) is 13.7. The van der Waals surface area contributed by atoms with Gasteiger partial charge in [-0.05, 0) is 42.9 Å². The molecule has 0 radical (unpaired) electrons. The number of ether oxygens (including phenoxy) is 1. The lowest BCUT2D eigenvalue weighted by atomic mass is 10.2. The Bertz CT molecular complexity index is 560. The topological polar surface area (TPSA) is 21.3 Å². The molecule has 0 aliphatic rings. The SMILES string of the molecule is CNCc1ccc(Sc2cccc(OC)c2)cc1Cl. The van der Waals surface area contributed by atoms with Crippen molar-refractivity contribution in [1.29, 1.82) is 0 Å². The van der Waals surface area contributed by atoms with E-state index < -0.39 is 0 Å². The van der Waals surface area contributed by atoms with Crippen LogP contribution in [0, 0.1) is 0 Å². The zero-order valence-electron chi connectivity index (χ0n) is 10.9. The van der Waals surface area contributed by atoms with Crippen LogP contribution in [0.1, 0.15) is 5.56 Å². The van der Waals surface area contributed by atoms with Crippen molar-refractivity contribution in [3.8, 4) is 5.75 Å². The van der Waals surface area contributed by atoms with E-state index in [0.717, 1.165) is 32.7 Å². The maximum absolute atomic E-state index is 6.25. The second-order valence-corrected chi connectivity index (χ2v) is 5.62. The summed E-state index contributed by atoms with van der Waals surface area (Å²) in [5.41, 5.74) is 1.11. The molecule has 0 atom stereocenters. The van der Waals surface area contributed by atoms with E-state index in [1.54, 1.807) is 18.9 Å². The molecule has 0 heterocycles. The predicted molar refractivity (Wildman–Crippen MR) is 81.3 cm³/mol. The summed E-state index contributed by atoms with van der Waals surface area (Å²) in [6, 6.07) is 14.1. The van der Waals surface area contributed by atoms with E-state index in [1.165, 1.54) is 0 Å². The van der Waals surface area contributed by atoms with Crippen LogP contribution in [0.15, 0.2) is 52.3 Å². The van der Waals surface area contributed by atoms with Crippen LogP contribution in [-0.4, -0.2) is 14.2 Å². The third-order valence-electron chi connectivity index (χ3n) is 2.67. The third kappa shape index (κ3) is 3.90. The molecule has 0 aliphatic carbocycles. The highest BCUT2D eigenvalue weighted by molar-refractivity contribution is 7.99. The molecule has 0 unspecified atom stereocenters. The molecule has 0 saturated carbocycles. The summed E-state index contributed by atoms with van der Waals surface area (Å²) in [5.74, 6) is 0.864. The van der Waals surface area contributed by atoms with Crippen LogP contribution in [0.4, 0.5) is 0 Å². The van der Waals surface area contributed by atoms with Gasteiger partial charge in [-0.25, -0.2) is 0 Å². The van der Waals surface area contributed by atoms with Gasteiger partial charge in [0.25, 0.3) is 0 Å². The minimum absolute atomic E-state index is 0.781. The first-order valence-corrected chi connectivity index (χ1v) is 7.17. The van der Waals surface area contributed by atoms with Crippen LogP contribution in [0.25, 0.3) is 0 Å². The van der Waals surface area contributed by atoms with Crippen molar-refractivity contribution in [3.63, 3.8) is 0 Å². The Kier molecular flexibility index (Phi) is 5.14. The van der Waals surface area contributed by atoms with Crippen LogP contribution >= 0.6 is 23.4 Å². The number of benzene rings is 2. The largest absolute Gasteiger partial charge is 0.497 e. The quantitative estimate of drug-likeness (QED) is 0.892. The second-order valence-electron chi connectivity index (χ2n) is 4.06. The highest BCUT2D eigenvalue weighted by atomic mass is 35.5. The van der Waals surface area contributed by atoms with Crippen molar-refractivity contribution in [1.82, 2.24) is 5.32 Å². The predicted octanol–water partition coefficient (Wildman–Crippen LogP) is 4.22. The summed E-state index contributed by atoms with van der Waals surface area (Å²) in [6.45, 7) is 0.781. The van der Waals surface area contributed by atoms with Crippen molar-refractivity contribution >= 4 is 23.4 Å². The maximum atomic E-state index is 6.25. The van der Waals surface area contributed by atoms with Gasteiger partial charge in [0.15, 0.2) is 0 Å². The van der Waals surface area contributed by atoms with Crippen molar-refractivity contribution in [2.75, 3.05) is 14.2 Å². The molecule has 2 nitrogen and oxygen atoms in total. The summed E-state index contributed by atoms with van der Waals surface area (Å²) in [4.78, 5) is 2.26. The van der Waals surface area contributed by atoms with E-state index in [1.807, 2.05) is 31.3 Å². The smallest absolute Gasteiger partial charge is 0.119 e. The number of hydrogen-bond donors (Lipinski definition) is 1. The van der Waals surface area contributed by atoms with Crippen molar-refractivity contribution < 1.29 is 4.74 Å². The normalized spacial score (nSPS) is 10.5. The average molecular weight is 294 g/mol. The summed E-state index contributed by atoms with van der Waals surface area (Å²) in [5, 5.41) is 3.90. The molecule has 0 bridgehead atoms. The Hall–Kier alpha value is -1.16. The van der Waals surface area contributed by atoms with Crippen molar-refractivity contribution in [2.24, 2.45) is 0 Å². The highest BCUT2D eigenvalue weighted by Gasteiger charge is 2.03. The molecule has 0 saturated heterocycles. The summed E-state index contributed by atoms with van der Waals surface area (Å²) < 4.78 is 5.22. The fourth-order valence-electron chi connectivity index (χ4n) is 1.73. The zero-order valence-corrected chi connectivity index (χ0v) is 12.5. The molecule has 19 heavy (non-hydrogen) atoms. The molecule has 0 aliphatic heterocycles. The molecule has 0 spiro atoms. The lowest BCUT2D eigenvalue weighted by Crippen LogP contribution is -2.05. The number of hydrogen-bond acceptors (Lipinski definition) is 3. The van der Waals surface area contributed by atoms with E-state index in [4.69, 9.17) is 16.3 Å². The van der Waals surface area contributed by atoms with Crippen LogP contribution in [0.5, 0.6) is 5.75 Å². The van der Waals surface area contributed by atoms with E-state index in [2.05, 4.69) is 23.5 Å². The van der Waals surface area contributed by atoms with E-state index in [9.17, 15) is 0 Å². The lowest BCUT2D eigenvalue weighted by Gasteiger charge is -2.07. The molecule has 1 N–H and O–H groups in total. The Balaban J connectivity index is 2.16. The first-order chi connectivity index (χ1) is 9.22. The molecular formula is C15H16ClNOS. The Morgan fingerprint density at radius 2 is 1.95 bits per heavy atom. The van der Waals surface area contributed by atoms with Gasteiger partial charge in [-0.3, -0.25) is 0 Å². The molecule has 4 heteroatoms. The van der Waals surface area contributed by atoms with Gasteiger partial charge in [0.2, 0.25) is 0 Å². The second kappa shape index (κ2) is 6.85. The van der Waals surface area contributed by atoms with Crippen LogP contribution < -0.4 is 10.1 Å². The van der Waals surface area contributed by atoms with Gasteiger partial charge >= 0.3 is 0 Å². The first-order valence-electron chi connectivity index (χ1n) is 5.98. The molecule has 2 aromatic carbocycles. The summed E-state index contributed by atoms with van der Waals surface area (Å²) in [7, 11) is 3.59. The van der Waals surface area contributed by atoms with Gasteiger partial charge in [-0.2, -0.15) is 0 Å². The number of nitrogens with one attached hydrogen (secondary N) is 1. The first kappa shape index (κ1) is 14.3. The van der Waals surface area contributed by atoms with Gasteiger partial charge in [-0.1, -0.05) is 35.5 Å². The van der Waals surface area contributed by atoms with E-state index in [-0.39, 0.29) is 0 Å². The fourth-order valence-corrected chi connectivity index (χ4v) is 2.94. The number of rotatable bonds is 5. The summed E-state index contributed by atoms with van der Waals surface area (Å²) >= 11 is 7.93. The maximum Gasteiger partial charge on any atom is 0.119 e. The van der Waals surface area contributed by atoms with Gasteiger partial charge in [0.05, 0.1) is 7.11 Å². The number of methoxy groups -OCH3 is 1. The van der Waals surface area contributed by atoms with Gasteiger partial charge in [0.1, 0.15) is 5.75 Å². The van der Waals surface area contributed by atoms with Crippen molar-refractivity contribution in [2.45, 2.75) is 16.3 Å². The van der Waals surface area contributed by atoms with Crippen molar-refractivity contribution in [3.05, 3.63) is 53.1 Å². The van der Waals surface area contributed by atoms with E-state index in [0.29, 0.717) is 0 Å². The van der Waals surface area contributed by atoms with Gasteiger partial charge < -0.3 is 10.1 Å². The molecule has 0 aromatic heterocycles. The third-order valence-corrected chi connectivity index (χ3v) is 4.00. The Labute approximate surface area is 123 Å². The lowest BCUT2D eigenvalue weighted by molar-refractivity contribution is 0.413. The van der Waals surface area contributed by atoms with Crippen LogP contribution in [0.3, 0.4) is 0 Å². The monoisotopic (exact) mass is 293 g/mol. The minimum atomic E-state index is 0.781. The molecule has 0 amide bonds. The Morgan fingerprint density at radius 3 is 2.63 bits per heavy atom. The van der Waals surface area contributed by atoms with E-state index >= 15 is 0 Å². The Morgan fingerprint density at radius 1 is 1.16 bits per heavy atom. The molecule has 0 fully saturated rings. The molecule has 2 rings (SSSR count). The minimum Gasteiger partial charge on any atom is -0.497 e.